The first-order valence-corrected chi connectivity index (χ1v) is 7.06. The van der Waals surface area contributed by atoms with Crippen molar-refractivity contribution in [1.82, 2.24) is 4.90 Å². The Morgan fingerprint density at radius 2 is 1.94 bits per heavy atom. The van der Waals surface area contributed by atoms with Gasteiger partial charge < -0.3 is 10.5 Å². The van der Waals surface area contributed by atoms with Crippen molar-refractivity contribution in [3.05, 3.63) is 0 Å². The number of thiocarbonyl (C=S) groups is 1. The molecular formula is C13H24N2OS. The van der Waals surface area contributed by atoms with Gasteiger partial charge in [-0.25, -0.2) is 0 Å². The molecule has 17 heavy (non-hydrogen) atoms. The molecule has 2 bridgehead atoms. The third-order valence-electron chi connectivity index (χ3n) is 4.06. The highest BCUT2D eigenvalue weighted by atomic mass is 32.1. The van der Waals surface area contributed by atoms with E-state index in [-0.39, 0.29) is 5.41 Å². The van der Waals surface area contributed by atoms with Crippen LogP contribution in [0.5, 0.6) is 0 Å². The Bertz CT molecular complexity index is 281. The van der Waals surface area contributed by atoms with E-state index in [1.807, 2.05) is 0 Å². The Morgan fingerprint density at radius 1 is 1.35 bits per heavy atom. The van der Waals surface area contributed by atoms with Gasteiger partial charge in [-0.15, -0.1) is 0 Å². The molecule has 0 aromatic heterocycles. The molecule has 2 heterocycles. The maximum atomic E-state index is 5.83. The monoisotopic (exact) mass is 256 g/mol. The predicted molar refractivity (Wildman–Crippen MR) is 74.1 cm³/mol. The minimum Gasteiger partial charge on any atom is -0.393 e. The molecule has 0 aliphatic carbocycles. The highest BCUT2D eigenvalue weighted by Gasteiger charge is 2.33. The average molecular weight is 256 g/mol. The normalized spacial score (nSPS) is 29.5. The van der Waals surface area contributed by atoms with Crippen molar-refractivity contribution in [3.63, 3.8) is 0 Å². The summed E-state index contributed by atoms with van der Waals surface area (Å²) in [5.41, 5.74) is 5.74. The Kier molecular flexibility index (Phi) is 4.06. The van der Waals surface area contributed by atoms with Crippen LogP contribution >= 0.6 is 12.2 Å². The molecule has 4 heteroatoms. The van der Waals surface area contributed by atoms with E-state index >= 15 is 0 Å². The summed E-state index contributed by atoms with van der Waals surface area (Å²) in [6, 6.07) is 0. The Hall–Kier alpha value is -0.190. The van der Waals surface area contributed by atoms with Crippen LogP contribution in [0.15, 0.2) is 0 Å². The van der Waals surface area contributed by atoms with Crippen LogP contribution in [-0.2, 0) is 4.74 Å². The molecule has 0 radical (unpaired) electrons. The molecule has 0 aromatic carbocycles. The molecule has 0 spiro atoms. The fourth-order valence-corrected chi connectivity index (χ4v) is 2.85. The fourth-order valence-electron chi connectivity index (χ4n) is 2.75. The summed E-state index contributed by atoms with van der Waals surface area (Å²) in [4.78, 5) is 3.18. The first kappa shape index (κ1) is 13.2. The lowest BCUT2D eigenvalue weighted by Gasteiger charge is -2.33. The lowest BCUT2D eigenvalue weighted by molar-refractivity contribution is -0.0388. The fraction of sp³-hybridized carbons (Fsp3) is 0.923. The van der Waals surface area contributed by atoms with E-state index in [1.165, 1.54) is 19.3 Å². The van der Waals surface area contributed by atoms with Gasteiger partial charge in [0.2, 0.25) is 0 Å². The molecule has 2 rings (SSSR count). The van der Waals surface area contributed by atoms with Crippen molar-refractivity contribution in [3.8, 4) is 0 Å². The molecule has 3 nitrogen and oxygen atoms in total. The largest absolute Gasteiger partial charge is 0.393 e. The summed E-state index contributed by atoms with van der Waals surface area (Å²) >= 11 is 5.09. The number of ether oxygens (including phenoxy) is 1. The highest BCUT2D eigenvalue weighted by Crippen LogP contribution is 2.27. The van der Waals surface area contributed by atoms with Crippen LogP contribution in [0.25, 0.3) is 0 Å². The van der Waals surface area contributed by atoms with Gasteiger partial charge in [-0.1, -0.05) is 26.1 Å². The van der Waals surface area contributed by atoms with Gasteiger partial charge in [-0.3, -0.25) is 4.90 Å². The third kappa shape index (κ3) is 3.39. The van der Waals surface area contributed by atoms with Crippen LogP contribution in [-0.4, -0.2) is 41.7 Å². The van der Waals surface area contributed by atoms with Crippen molar-refractivity contribution in [2.45, 2.75) is 51.7 Å². The van der Waals surface area contributed by atoms with E-state index in [1.54, 1.807) is 0 Å². The zero-order valence-electron chi connectivity index (χ0n) is 10.9. The van der Waals surface area contributed by atoms with Crippen LogP contribution in [0.3, 0.4) is 0 Å². The van der Waals surface area contributed by atoms with Gasteiger partial charge >= 0.3 is 0 Å². The van der Waals surface area contributed by atoms with E-state index in [0.29, 0.717) is 17.2 Å². The molecule has 0 amide bonds. The van der Waals surface area contributed by atoms with Crippen molar-refractivity contribution in [2.24, 2.45) is 11.1 Å². The summed E-state index contributed by atoms with van der Waals surface area (Å²) in [6.07, 6.45) is 5.74. The summed E-state index contributed by atoms with van der Waals surface area (Å²) in [7, 11) is 0. The zero-order valence-corrected chi connectivity index (χ0v) is 11.8. The Balaban J connectivity index is 1.71. The van der Waals surface area contributed by atoms with Gasteiger partial charge in [0.15, 0.2) is 0 Å². The summed E-state index contributed by atoms with van der Waals surface area (Å²) in [6.45, 7) is 7.66. The number of hydrogen-bond acceptors (Lipinski definition) is 3. The number of morpholine rings is 1. The molecular weight excluding hydrogens is 232 g/mol. The summed E-state index contributed by atoms with van der Waals surface area (Å²) in [5.74, 6) is 0. The molecule has 2 N–H and O–H groups in total. The molecule has 2 aliphatic heterocycles. The van der Waals surface area contributed by atoms with E-state index in [2.05, 4.69) is 18.7 Å². The lowest BCUT2D eigenvalue weighted by Crippen LogP contribution is -2.43. The first-order valence-electron chi connectivity index (χ1n) is 6.65. The predicted octanol–water partition coefficient (Wildman–Crippen LogP) is 1.94. The van der Waals surface area contributed by atoms with E-state index in [0.717, 1.165) is 26.1 Å². The van der Waals surface area contributed by atoms with Crippen LogP contribution in [0, 0.1) is 5.41 Å². The zero-order chi connectivity index (χ0) is 12.5. The minimum absolute atomic E-state index is 0.000597. The molecule has 2 unspecified atom stereocenters. The summed E-state index contributed by atoms with van der Waals surface area (Å²) < 4.78 is 5.83. The van der Waals surface area contributed by atoms with E-state index < -0.39 is 0 Å². The number of hydrogen-bond donors (Lipinski definition) is 1. The maximum Gasteiger partial charge on any atom is 0.0784 e. The van der Waals surface area contributed by atoms with Gasteiger partial charge in [-0.2, -0.15) is 0 Å². The number of fused-ring (bicyclic) bond motifs is 2. The van der Waals surface area contributed by atoms with Gasteiger partial charge in [0.05, 0.1) is 17.2 Å². The van der Waals surface area contributed by atoms with Gasteiger partial charge in [0.25, 0.3) is 0 Å². The molecule has 2 aliphatic rings. The minimum atomic E-state index is 0.000597. The van der Waals surface area contributed by atoms with Gasteiger partial charge in [-0.05, 0) is 32.2 Å². The molecule has 2 fully saturated rings. The Morgan fingerprint density at radius 3 is 2.47 bits per heavy atom. The van der Waals surface area contributed by atoms with E-state index in [9.17, 15) is 0 Å². The second-order valence-electron chi connectivity index (χ2n) is 6.07. The third-order valence-corrected chi connectivity index (χ3v) is 4.61. The van der Waals surface area contributed by atoms with Crippen molar-refractivity contribution >= 4 is 17.2 Å². The van der Waals surface area contributed by atoms with Crippen LogP contribution in [0.4, 0.5) is 0 Å². The molecule has 0 aromatic rings. The first-order chi connectivity index (χ1) is 7.97. The second-order valence-corrected chi connectivity index (χ2v) is 6.51. The average Bonchev–Trinajstić information content (AvgIpc) is 2.58. The molecule has 98 valence electrons. The van der Waals surface area contributed by atoms with Gasteiger partial charge in [0.1, 0.15) is 0 Å². The number of nitrogens with zero attached hydrogens (tertiary/aromatic N) is 1. The SMILES string of the molecule is CC(C)(CCCN1CC2CCC(C1)O2)C(N)=S. The highest BCUT2D eigenvalue weighted by molar-refractivity contribution is 7.80. The number of rotatable bonds is 5. The van der Waals surface area contributed by atoms with Crippen molar-refractivity contribution in [1.29, 1.82) is 0 Å². The molecule has 2 atom stereocenters. The summed E-state index contributed by atoms with van der Waals surface area (Å²) in [5, 5.41) is 0. The molecule has 0 saturated carbocycles. The smallest absolute Gasteiger partial charge is 0.0784 e. The molecule has 2 saturated heterocycles. The van der Waals surface area contributed by atoms with Crippen molar-refractivity contribution < 1.29 is 4.74 Å². The number of nitrogens with two attached hydrogens (primary N) is 1. The van der Waals surface area contributed by atoms with Crippen LogP contribution < -0.4 is 5.73 Å². The van der Waals surface area contributed by atoms with Crippen molar-refractivity contribution in [2.75, 3.05) is 19.6 Å². The van der Waals surface area contributed by atoms with E-state index in [4.69, 9.17) is 22.7 Å². The maximum absolute atomic E-state index is 5.83. The van der Waals surface area contributed by atoms with Gasteiger partial charge in [0, 0.05) is 18.5 Å². The topological polar surface area (TPSA) is 38.5 Å². The number of likely N-dealkylation sites (tertiary alicyclic amines) is 1. The van der Waals surface area contributed by atoms with Crippen LogP contribution in [0.1, 0.15) is 39.5 Å². The standard InChI is InChI=1S/C13H24N2OS/c1-13(2,12(14)17)6-3-7-15-8-10-4-5-11(9-15)16-10/h10-11H,3-9H2,1-2H3,(H2,14,17). The lowest BCUT2D eigenvalue weighted by atomic mass is 9.88. The second kappa shape index (κ2) is 5.21. The quantitative estimate of drug-likeness (QED) is 0.763. The van der Waals surface area contributed by atoms with Crippen LogP contribution in [0.2, 0.25) is 0 Å². The Labute approximate surface area is 110 Å².